The molecule has 3 aromatic rings. The molecule has 180 valence electrons. The van der Waals surface area contributed by atoms with Gasteiger partial charge in [-0.1, -0.05) is 42.5 Å². The Balaban J connectivity index is 0.000000868. The number of aromatic nitrogens is 2. The number of nitrogens with zero attached hydrogens (tertiary/aromatic N) is 2. The number of aromatic amines is 1. The number of carboxylic acid groups (broad SMARTS) is 1. The van der Waals surface area contributed by atoms with Crippen molar-refractivity contribution in [2.75, 3.05) is 20.2 Å². The minimum absolute atomic E-state index is 0.202. The molecule has 8 heteroatoms. The van der Waals surface area contributed by atoms with E-state index < -0.39 is 6.10 Å². The van der Waals surface area contributed by atoms with Crippen molar-refractivity contribution >= 4 is 6.47 Å². The van der Waals surface area contributed by atoms with Crippen LogP contribution in [0.25, 0.3) is 11.3 Å². The van der Waals surface area contributed by atoms with E-state index in [0.717, 1.165) is 43.7 Å². The Morgan fingerprint density at radius 3 is 2.41 bits per heavy atom. The van der Waals surface area contributed by atoms with E-state index in [2.05, 4.69) is 27.2 Å². The molecule has 4 atom stereocenters. The number of benzene rings is 2. The van der Waals surface area contributed by atoms with Gasteiger partial charge in [0.05, 0.1) is 25.1 Å². The van der Waals surface area contributed by atoms with Crippen LogP contribution in [0.5, 0.6) is 11.5 Å². The Morgan fingerprint density at radius 1 is 1.06 bits per heavy atom. The van der Waals surface area contributed by atoms with Gasteiger partial charge in [-0.05, 0) is 42.4 Å². The summed E-state index contributed by atoms with van der Waals surface area (Å²) < 4.78 is 11.6. The van der Waals surface area contributed by atoms with Gasteiger partial charge in [0, 0.05) is 25.2 Å². The first kappa shape index (κ1) is 23.8. The number of hydrogen-bond acceptors (Lipinski definition) is 6. The van der Waals surface area contributed by atoms with Crippen LogP contribution >= 0.6 is 0 Å². The number of H-pyrrole nitrogens is 1. The Bertz CT molecular complexity index is 1060. The molecule has 1 saturated carbocycles. The van der Waals surface area contributed by atoms with Crippen molar-refractivity contribution in [1.82, 2.24) is 15.1 Å². The lowest BCUT2D eigenvalue weighted by molar-refractivity contribution is -0.122. The molecular formula is C26H31N3O5. The van der Waals surface area contributed by atoms with Gasteiger partial charge in [-0.2, -0.15) is 5.10 Å². The highest BCUT2D eigenvalue weighted by Crippen LogP contribution is 2.40. The number of carbonyl (C=O) groups is 1. The van der Waals surface area contributed by atoms with E-state index >= 15 is 0 Å². The van der Waals surface area contributed by atoms with Crippen molar-refractivity contribution in [2.45, 2.75) is 31.6 Å². The number of para-hydroxylation sites is 2. The molecule has 8 nitrogen and oxygen atoms in total. The maximum atomic E-state index is 10.8. The number of rotatable bonds is 6. The van der Waals surface area contributed by atoms with Crippen molar-refractivity contribution in [3.63, 3.8) is 0 Å². The molecule has 1 aliphatic heterocycles. The van der Waals surface area contributed by atoms with Crippen molar-refractivity contribution in [1.29, 1.82) is 0 Å². The predicted molar refractivity (Wildman–Crippen MR) is 128 cm³/mol. The molecule has 5 rings (SSSR count). The Hall–Kier alpha value is -3.36. The third-order valence-corrected chi connectivity index (χ3v) is 6.68. The van der Waals surface area contributed by atoms with E-state index in [1.54, 1.807) is 7.11 Å². The van der Waals surface area contributed by atoms with E-state index in [4.69, 9.17) is 19.4 Å². The molecule has 0 unspecified atom stereocenters. The van der Waals surface area contributed by atoms with Crippen molar-refractivity contribution < 1.29 is 24.5 Å². The van der Waals surface area contributed by atoms with E-state index in [-0.39, 0.29) is 12.6 Å². The summed E-state index contributed by atoms with van der Waals surface area (Å²) >= 11 is 0. The fourth-order valence-electron chi connectivity index (χ4n) is 5.15. The standard InChI is InChI=1S/C25H29N3O3.CH2O2/c1-30-22-9-5-6-10-23(22)31-24-12-19-15-28(14-18(19)11-21(24)29)16-20-13-26-27-25(20)17-7-3-2-4-8-17;2-1-3/h2-10,13,18-19,21,24,29H,11-12,14-16H2,1H3,(H,26,27);1H,(H,2,3)/t18-,19+,21+,24+;/m0./s1. The summed E-state index contributed by atoms with van der Waals surface area (Å²) in [7, 11) is 1.64. The number of ether oxygens (including phenoxy) is 2. The predicted octanol–water partition coefficient (Wildman–Crippen LogP) is 3.44. The van der Waals surface area contributed by atoms with Gasteiger partial charge in [-0.3, -0.25) is 14.8 Å². The normalized spacial score (nSPS) is 23.9. The molecular weight excluding hydrogens is 434 g/mol. The van der Waals surface area contributed by atoms with Crippen LogP contribution < -0.4 is 9.47 Å². The van der Waals surface area contributed by atoms with Crippen LogP contribution in [0.2, 0.25) is 0 Å². The first-order chi connectivity index (χ1) is 16.6. The van der Waals surface area contributed by atoms with Gasteiger partial charge >= 0.3 is 0 Å². The van der Waals surface area contributed by atoms with Gasteiger partial charge in [-0.15, -0.1) is 0 Å². The van der Waals surface area contributed by atoms with Gasteiger partial charge in [0.25, 0.3) is 6.47 Å². The zero-order chi connectivity index (χ0) is 23.9. The van der Waals surface area contributed by atoms with E-state index in [9.17, 15) is 5.11 Å². The highest BCUT2D eigenvalue weighted by Gasteiger charge is 2.43. The van der Waals surface area contributed by atoms with E-state index in [1.165, 1.54) is 5.56 Å². The molecule has 0 amide bonds. The molecule has 0 spiro atoms. The molecule has 2 heterocycles. The Labute approximate surface area is 199 Å². The van der Waals surface area contributed by atoms with Crippen molar-refractivity contribution in [3.8, 4) is 22.8 Å². The number of aliphatic hydroxyl groups is 1. The van der Waals surface area contributed by atoms with Crippen LogP contribution in [0.4, 0.5) is 0 Å². The zero-order valence-corrected chi connectivity index (χ0v) is 19.2. The smallest absolute Gasteiger partial charge is 0.290 e. The summed E-state index contributed by atoms with van der Waals surface area (Å²) in [4.78, 5) is 10.9. The van der Waals surface area contributed by atoms with Crippen LogP contribution in [0.1, 0.15) is 18.4 Å². The van der Waals surface area contributed by atoms with Crippen molar-refractivity contribution in [2.24, 2.45) is 11.8 Å². The molecule has 2 aromatic carbocycles. The minimum Gasteiger partial charge on any atom is -0.493 e. The second-order valence-electron chi connectivity index (χ2n) is 8.80. The van der Waals surface area contributed by atoms with Gasteiger partial charge in [0.2, 0.25) is 0 Å². The van der Waals surface area contributed by atoms with E-state index in [0.29, 0.717) is 23.3 Å². The number of hydrogen-bond donors (Lipinski definition) is 3. The maximum absolute atomic E-state index is 10.8. The number of fused-ring (bicyclic) bond motifs is 1. The highest BCUT2D eigenvalue weighted by molar-refractivity contribution is 5.62. The SMILES string of the molecule is COc1ccccc1O[C@@H]1C[C@@H]2CN(Cc3cn[nH]c3-c3ccccc3)C[C@@H]2C[C@H]1O.O=CO. The molecule has 1 aromatic heterocycles. The third-order valence-electron chi connectivity index (χ3n) is 6.68. The van der Waals surface area contributed by atoms with Crippen LogP contribution in [0, 0.1) is 11.8 Å². The largest absolute Gasteiger partial charge is 0.493 e. The maximum Gasteiger partial charge on any atom is 0.290 e. The monoisotopic (exact) mass is 465 g/mol. The van der Waals surface area contributed by atoms with Gasteiger partial charge in [0.1, 0.15) is 6.10 Å². The van der Waals surface area contributed by atoms with Gasteiger partial charge < -0.3 is 19.7 Å². The van der Waals surface area contributed by atoms with Crippen LogP contribution in [0.15, 0.2) is 60.8 Å². The molecule has 0 bridgehead atoms. The summed E-state index contributed by atoms with van der Waals surface area (Å²) in [6, 6.07) is 18.0. The lowest BCUT2D eigenvalue weighted by Gasteiger charge is -2.35. The quantitative estimate of drug-likeness (QED) is 0.479. The van der Waals surface area contributed by atoms with Crippen LogP contribution in [-0.2, 0) is 11.3 Å². The number of methoxy groups -OCH3 is 1. The first-order valence-corrected chi connectivity index (χ1v) is 11.5. The molecule has 0 radical (unpaired) electrons. The molecule has 1 saturated heterocycles. The average Bonchev–Trinajstić information content (AvgIpc) is 3.47. The van der Waals surface area contributed by atoms with Crippen LogP contribution in [0.3, 0.4) is 0 Å². The molecule has 3 N–H and O–H groups in total. The summed E-state index contributed by atoms with van der Waals surface area (Å²) in [6.07, 6.45) is 2.91. The lowest BCUT2D eigenvalue weighted by Crippen LogP contribution is -2.42. The number of aliphatic hydroxyl groups excluding tert-OH is 1. The second kappa shape index (κ2) is 11.2. The first-order valence-electron chi connectivity index (χ1n) is 11.5. The van der Waals surface area contributed by atoms with E-state index in [1.807, 2.05) is 48.7 Å². The zero-order valence-electron chi connectivity index (χ0n) is 19.2. The summed E-state index contributed by atoms with van der Waals surface area (Å²) in [5.41, 5.74) is 3.47. The topological polar surface area (TPSA) is 108 Å². The molecule has 2 aliphatic rings. The van der Waals surface area contributed by atoms with Gasteiger partial charge in [-0.25, -0.2) is 0 Å². The number of likely N-dealkylation sites (tertiary alicyclic amines) is 1. The third kappa shape index (κ3) is 5.40. The molecule has 2 fully saturated rings. The Morgan fingerprint density at radius 2 is 1.71 bits per heavy atom. The fourth-order valence-corrected chi connectivity index (χ4v) is 5.15. The van der Waals surface area contributed by atoms with Crippen molar-refractivity contribution in [3.05, 3.63) is 66.4 Å². The summed E-state index contributed by atoms with van der Waals surface area (Å²) in [5.74, 6) is 2.43. The Kier molecular flexibility index (Phi) is 7.82. The summed E-state index contributed by atoms with van der Waals surface area (Å²) in [6.45, 7) is 2.63. The molecule has 34 heavy (non-hydrogen) atoms. The minimum atomic E-state index is -0.458. The average molecular weight is 466 g/mol. The second-order valence-corrected chi connectivity index (χ2v) is 8.80. The fraction of sp³-hybridized carbons (Fsp3) is 0.385. The highest BCUT2D eigenvalue weighted by atomic mass is 16.5. The number of nitrogens with one attached hydrogen (secondary N) is 1. The lowest BCUT2D eigenvalue weighted by atomic mass is 9.78. The van der Waals surface area contributed by atoms with Gasteiger partial charge in [0.15, 0.2) is 11.5 Å². The van der Waals surface area contributed by atoms with Crippen LogP contribution in [-0.4, -0.2) is 64.2 Å². The molecule has 1 aliphatic carbocycles. The summed E-state index contributed by atoms with van der Waals surface area (Å²) in [5, 5.41) is 25.1.